The zero-order chi connectivity index (χ0) is 15.5. The van der Waals surface area contributed by atoms with Gasteiger partial charge in [0.15, 0.2) is 5.82 Å². The molecule has 22 heavy (non-hydrogen) atoms. The van der Waals surface area contributed by atoms with Gasteiger partial charge in [-0.25, -0.2) is 9.67 Å². The van der Waals surface area contributed by atoms with Crippen LogP contribution in [0.1, 0.15) is 5.69 Å². The first kappa shape index (κ1) is 13.9. The summed E-state index contributed by atoms with van der Waals surface area (Å²) in [5.74, 6) is 0.628. The van der Waals surface area contributed by atoms with Gasteiger partial charge in [-0.2, -0.15) is 5.10 Å². The molecular formula is C15H13N5O2. The van der Waals surface area contributed by atoms with Crippen LogP contribution in [0.4, 0.5) is 5.69 Å². The van der Waals surface area contributed by atoms with E-state index in [0.29, 0.717) is 22.8 Å². The maximum absolute atomic E-state index is 11.0. The Hall–Kier alpha value is -3.06. The minimum atomic E-state index is -0.422. The molecule has 0 bridgehead atoms. The number of nitrogens with zero attached hydrogens (tertiary/aromatic N) is 4. The average molecular weight is 295 g/mol. The fraction of sp³-hybridized carbons (Fsp3) is 0.0667. The lowest BCUT2D eigenvalue weighted by Gasteiger charge is -2.06. The van der Waals surface area contributed by atoms with Gasteiger partial charge in [-0.05, 0) is 18.2 Å². The minimum Gasteiger partial charge on any atom is -0.325 e. The van der Waals surface area contributed by atoms with Crippen LogP contribution in [0.3, 0.4) is 0 Å². The third-order valence-electron chi connectivity index (χ3n) is 3.19. The van der Waals surface area contributed by atoms with E-state index in [1.165, 1.54) is 12.1 Å². The molecule has 0 amide bonds. The molecule has 0 spiro atoms. The number of nitrogens with two attached hydrogens (primary N) is 1. The Morgan fingerprint density at radius 3 is 2.73 bits per heavy atom. The highest BCUT2D eigenvalue weighted by molar-refractivity contribution is 5.65. The van der Waals surface area contributed by atoms with Crippen LogP contribution in [0.5, 0.6) is 0 Å². The fourth-order valence-corrected chi connectivity index (χ4v) is 2.17. The van der Waals surface area contributed by atoms with E-state index < -0.39 is 4.92 Å². The van der Waals surface area contributed by atoms with Gasteiger partial charge in [0.05, 0.1) is 16.3 Å². The summed E-state index contributed by atoms with van der Waals surface area (Å²) in [4.78, 5) is 14.8. The van der Waals surface area contributed by atoms with E-state index in [2.05, 4.69) is 10.1 Å². The Labute approximate surface area is 126 Å². The number of nitro benzene ring substituents is 1. The van der Waals surface area contributed by atoms with Crippen LogP contribution in [-0.2, 0) is 6.54 Å². The molecule has 0 saturated carbocycles. The second-order valence-corrected chi connectivity index (χ2v) is 4.63. The quantitative estimate of drug-likeness (QED) is 0.588. The van der Waals surface area contributed by atoms with Crippen LogP contribution in [0.2, 0.25) is 0 Å². The molecule has 7 heteroatoms. The maximum Gasteiger partial charge on any atom is 0.270 e. The minimum absolute atomic E-state index is 0.0283. The highest BCUT2D eigenvalue weighted by Gasteiger charge is 2.14. The van der Waals surface area contributed by atoms with Gasteiger partial charge in [-0.15, -0.1) is 0 Å². The Morgan fingerprint density at radius 1 is 1.18 bits per heavy atom. The number of non-ortho nitro benzene ring substituents is 1. The number of benzene rings is 1. The maximum atomic E-state index is 11.0. The molecule has 0 aliphatic rings. The number of aromatic nitrogens is 3. The van der Waals surface area contributed by atoms with Crippen LogP contribution < -0.4 is 5.73 Å². The summed E-state index contributed by atoms with van der Waals surface area (Å²) in [5, 5.41) is 15.4. The molecule has 0 atom stereocenters. The molecule has 0 unspecified atom stereocenters. The molecular weight excluding hydrogens is 282 g/mol. The third kappa shape index (κ3) is 2.57. The predicted octanol–water partition coefficient (Wildman–Crippen LogP) is 2.30. The van der Waals surface area contributed by atoms with Crippen LogP contribution in [0, 0.1) is 10.1 Å². The zero-order valence-electron chi connectivity index (χ0n) is 11.6. The molecule has 0 radical (unpaired) electrons. The Kier molecular flexibility index (Phi) is 3.63. The summed E-state index contributed by atoms with van der Waals surface area (Å²) in [6.45, 7) is 0.280. The van der Waals surface area contributed by atoms with Crippen molar-refractivity contribution in [3.8, 4) is 17.1 Å². The van der Waals surface area contributed by atoms with Crippen molar-refractivity contribution < 1.29 is 4.92 Å². The van der Waals surface area contributed by atoms with Gasteiger partial charge in [-0.1, -0.05) is 18.2 Å². The van der Waals surface area contributed by atoms with E-state index in [1.807, 2.05) is 24.3 Å². The van der Waals surface area contributed by atoms with E-state index in [0.717, 1.165) is 0 Å². The van der Waals surface area contributed by atoms with Gasteiger partial charge >= 0.3 is 0 Å². The largest absolute Gasteiger partial charge is 0.325 e. The zero-order valence-corrected chi connectivity index (χ0v) is 11.6. The number of rotatable bonds is 4. The van der Waals surface area contributed by atoms with Crippen molar-refractivity contribution >= 4 is 5.69 Å². The monoisotopic (exact) mass is 295 g/mol. The standard InChI is InChI=1S/C15H13N5O2/c16-10-12-9-14(11-4-3-5-13(8-11)20(21)22)19(18-12)15-6-1-2-7-17-15/h1-9H,10,16H2. The first-order valence-corrected chi connectivity index (χ1v) is 6.64. The Morgan fingerprint density at radius 2 is 2.05 bits per heavy atom. The average Bonchev–Trinajstić information content (AvgIpc) is 3.00. The van der Waals surface area contributed by atoms with Crippen molar-refractivity contribution in [2.75, 3.05) is 0 Å². The van der Waals surface area contributed by atoms with Crippen molar-refractivity contribution in [1.29, 1.82) is 0 Å². The normalized spacial score (nSPS) is 10.6. The van der Waals surface area contributed by atoms with Gasteiger partial charge in [-0.3, -0.25) is 10.1 Å². The molecule has 110 valence electrons. The van der Waals surface area contributed by atoms with Crippen molar-refractivity contribution in [1.82, 2.24) is 14.8 Å². The second-order valence-electron chi connectivity index (χ2n) is 4.63. The molecule has 7 nitrogen and oxygen atoms in total. The van der Waals surface area contributed by atoms with Crippen LogP contribution in [0.25, 0.3) is 17.1 Å². The van der Waals surface area contributed by atoms with Crippen LogP contribution >= 0.6 is 0 Å². The van der Waals surface area contributed by atoms with Crippen molar-refractivity contribution in [3.05, 3.63) is 70.5 Å². The summed E-state index contributed by atoms with van der Waals surface area (Å²) in [7, 11) is 0. The summed E-state index contributed by atoms with van der Waals surface area (Å²) in [6.07, 6.45) is 1.66. The van der Waals surface area contributed by atoms with Crippen LogP contribution in [-0.4, -0.2) is 19.7 Å². The Bertz CT molecular complexity index is 814. The topological polar surface area (TPSA) is 99.9 Å². The molecule has 0 aliphatic carbocycles. The van der Waals surface area contributed by atoms with Crippen molar-refractivity contribution in [3.63, 3.8) is 0 Å². The lowest BCUT2D eigenvalue weighted by atomic mass is 10.1. The van der Waals surface area contributed by atoms with Gasteiger partial charge < -0.3 is 5.73 Å². The highest BCUT2D eigenvalue weighted by atomic mass is 16.6. The van der Waals surface area contributed by atoms with E-state index in [1.54, 1.807) is 23.0 Å². The SMILES string of the molecule is NCc1cc(-c2cccc([N+](=O)[O-])c2)n(-c2ccccn2)n1. The molecule has 2 N–H and O–H groups in total. The van der Waals surface area contributed by atoms with E-state index in [-0.39, 0.29) is 12.2 Å². The first-order chi connectivity index (χ1) is 10.7. The molecule has 2 heterocycles. The number of hydrogen-bond acceptors (Lipinski definition) is 5. The summed E-state index contributed by atoms with van der Waals surface area (Å²) < 4.78 is 1.64. The predicted molar refractivity (Wildman–Crippen MR) is 81.3 cm³/mol. The number of nitro groups is 1. The van der Waals surface area contributed by atoms with Crippen molar-refractivity contribution in [2.24, 2.45) is 5.73 Å². The lowest BCUT2D eigenvalue weighted by molar-refractivity contribution is -0.384. The number of pyridine rings is 1. The third-order valence-corrected chi connectivity index (χ3v) is 3.19. The van der Waals surface area contributed by atoms with E-state index in [4.69, 9.17) is 5.73 Å². The van der Waals surface area contributed by atoms with Gasteiger partial charge in [0.25, 0.3) is 5.69 Å². The molecule has 0 fully saturated rings. The Balaban J connectivity index is 2.16. The molecule has 2 aromatic heterocycles. The second kappa shape index (κ2) is 5.74. The van der Waals surface area contributed by atoms with E-state index >= 15 is 0 Å². The fourth-order valence-electron chi connectivity index (χ4n) is 2.17. The number of hydrogen-bond donors (Lipinski definition) is 1. The smallest absolute Gasteiger partial charge is 0.270 e. The van der Waals surface area contributed by atoms with E-state index in [9.17, 15) is 10.1 Å². The molecule has 0 aliphatic heterocycles. The first-order valence-electron chi connectivity index (χ1n) is 6.64. The summed E-state index contributed by atoms with van der Waals surface area (Å²) in [6, 6.07) is 13.7. The summed E-state index contributed by atoms with van der Waals surface area (Å²) >= 11 is 0. The lowest BCUT2D eigenvalue weighted by Crippen LogP contribution is -2.03. The van der Waals surface area contributed by atoms with Gasteiger partial charge in [0, 0.05) is 30.4 Å². The summed E-state index contributed by atoms with van der Waals surface area (Å²) in [5.41, 5.74) is 7.78. The molecule has 3 aromatic rings. The highest BCUT2D eigenvalue weighted by Crippen LogP contribution is 2.26. The van der Waals surface area contributed by atoms with Crippen molar-refractivity contribution in [2.45, 2.75) is 6.54 Å². The molecule has 0 saturated heterocycles. The van der Waals surface area contributed by atoms with Crippen LogP contribution in [0.15, 0.2) is 54.7 Å². The molecule has 1 aromatic carbocycles. The van der Waals surface area contributed by atoms with Gasteiger partial charge in [0.1, 0.15) is 0 Å². The van der Waals surface area contributed by atoms with Gasteiger partial charge in [0.2, 0.25) is 0 Å². The molecule has 3 rings (SSSR count).